The molecule has 0 atom stereocenters. The highest BCUT2D eigenvalue weighted by molar-refractivity contribution is 7.89. The van der Waals surface area contributed by atoms with E-state index in [1.165, 1.54) is 12.1 Å². The van der Waals surface area contributed by atoms with Crippen molar-refractivity contribution in [3.8, 4) is 0 Å². The van der Waals surface area contributed by atoms with E-state index in [0.29, 0.717) is 11.1 Å². The normalized spacial score (nSPS) is 12.2. The zero-order valence-corrected chi connectivity index (χ0v) is 13.0. The molecular formula is C14H19NO6S. The van der Waals surface area contributed by atoms with Crippen LogP contribution < -0.4 is 0 Å². The molecule has 0 aromatic heterocycles. The summed E-state index contributed by atoms with van der Waals surface area (Å²) in [5, 5.41) is 26.6. The van der Waals surface area contributed by atoms with Gasteiger partial charge in [-0.25, -0.2) is 13.2 Å². The van der Waals surface area contributed by atoms with Crippen LogP contribution in [-0.2, 0) is 14.8 Å². The summed E-state index contributed by atoms with van der Waals surface area (Å²) >= 11 is 0. The second-order valence-electron chi connectivity index (χ2n) is 4.55. The number of hydrogen-bond donors (Lipinski definition) is 3. The molecule has 0 spiro atoms. The molecule has 0 aliphatic carbocycles. The smallest absolute Gasteiger partial charge is 0.328 e. The Morgan fingerprint density at radius 1 is 1.23 bits per heavy atom. The fraction of sp³-hybridized carbons (Fsp3) is 0.357. The molecule has 0 fully saturated rings. The van der Waals surface area contributed by atoms with Gasteiger partial charge in [0, 0.05) is 19.2 Å². The van der Waals surface area contributed by atoms with Crippen molar-refractivity contribution in [1.82, 2.24) is 4.31 Å². The van der Waals surface area contributed by atoms with Crippen LogP contribution >= 0.6 is 0 Å². The number of nitrogens with zero attached hydrogens (tertiary/aromatic N) is 1. The molecule has 0 aliphatic rings. The lowest BCUT2D eigenvalue weighted by atomic mass is 10.1. The van der Waals surface area contributed by atoms with Crippen molar-refractivity contribution < 1.29 is 28.5 Å². The molecule has 0 heterocycles. The molecule has 8 heteroatoms. The summed E-state index contributed by atoms with van der Waals surface area (Å²) in [5.41, 5.74) is 0.924. The third kappa shape index (κ3) is 4.63. The fourth-order valence-electron chi connectivity index (χ4n) is 1.88. The maximum absolute atomic E-state index is 12.6. The van der Waals surface area contributed by atoms with E-state index in [0.717, 1.165) is 10.4 Å². The highest BCUT2D eigenvalue weighted by Crippen LogP contribution is 2.22. The quantitative estimate of drug-likeness (QED) is 0.581. The maximum Gasteiger partial charge on any atom is 0.328 e. The predicted octanol–water partition coefficient (Wildman–Crippen LogP) is 0.0681. The molecule has 1 aromatic rings. The first-order chi connectivity index (χ1) is 10.3. The molecule has 7 nitrogen and oxygen atoms in total. The number of benzene rings is 1. The minimum absolute atomic E-state index is 0.0157. The van der Waals surface area contributed by atoms with Gasteiger partial charge in [-0.05, 0) is 30.2 Å². The number of aliphatic hydroxyl groups excluding tert-OH is 2. The topological polar surface area (TPSA) is 115 Å². The molecule has 122 valence electrons. The summed E-state index contributed by atoms with van der Waals surface area (Å²) in [6, 6.07) is 4.55. The Hall–Kier alpha value is -1.74. The predicted molar refractivity (Wildman–Crippen MR) is 80.8 cm³/mol. The van der Waals surface area contributed by atoms with E-state index in [9.17, 15) is 13.2 Å². The Labute approximate surface area is 129 Å². The minimum atomic E-state index is -3.89. The van der Waals surface area contributed by atoms with Crippen LogP contribution in [0.1, 0.15) is 11.1 Å². The molecule has 0 saturated heterocycles. The van der Waals surface area contributed by atoms with Gasteiger partial charge in [0.15, 0.2) is 0 Å². The molecule has 0 saturated carbocycles. The standard InChI is InChI=1S/C14H19NO6S/c1-11-2-3-12(4-5-14(18)19)10-13(11)22(20,21)15(6-8-16)7-9-17/h2-5,10,16-17H,6-9H2,1H3,(H,18,19). The van der Waals surface area contributed by atoms with Gasteiger partial charge in [-0.15, -0.1) is 0 Å². The Balaban J connectivity index is 3.27. The second kappa shape index (κ2) is 8.04. The van der Waals surface area contributed by atoms with Crippen molar-refractivity contribution in [3.63, 3.8) is 0 Å². The largest absolute Gasteiger partial charge is 0.478 e. The van der Waals surface area contributed by atoms with E-state index in [1.54, 1.807) is 19.1 Å². The number of carbonyl (C=O) groups is 1. The van der Waals surface area contributed by atoms with Gasteiger partial charge < -0.3 is 15.3 Å². The number of sulfonamides is 1. The van der Waals surface area contributed by atoms with Gasteiger partial charge in [0.05, 0.1) is 18.1 Å². The van der Waals surface area contributed by atoms with Crippen LogP contribution in [0.3, 0.4) is 0 Å². The van der Waals surface area contributed by atoms with Crippen LogP contribution in [0.4, 0.5) is 0 Å². The number of aliphatic carboxylic acids is 1. The fourth-order valence-corrected chi connectivity index (χ4v) is 3.56. The molecule has 0 bridgehead atoms. The highest BCUT2D eigenvalue weighted by Gasteiger charge is 2.25. The monoisotopic (exact) mass is 329 g/mol. The Kier molecular flexibility index (Phi) is 6.69. The van der Waals surface area contributed by atoms with Crippen LogP contribution in [0, 0.1) is 6.92 Å². The third-order valence-electron chi connectivity index (χ3n) is 2.95. The maximum atomic E-state index is 12.6. The van der Waals surface area contributed by atoms with Gasteiger partial charge in [-0.2, -0.15) is 4.31 Å². The first-order valence-electron chi connectivity index (χ1n) is 6.56. The van der Waals surface area contributed by atoms with Gasteiger partial charge in [0.2, 0.25) is 10.0 Å². The SMILES string of the molecule is Cc1ccc(C=CC(=O)O)cc1S(=O)(=O)N(CCO)CCO. The van der Waals surface area contributed by atoms with Crippen molar-refractivity contribution in [1.29, 1.82) is 0 Å². The van der Waals surface area contributed by atoms with Gasteiger partial charge in [-0.1, -0.05) is 12.1 Å². The number of carboxylic acid groups (broad SMARTS) is 1. The number of aryl methyl sites for hydroxylation is 1. The van der Waals surface area contributed by atoms with Crippen LogP contribution in [0.5, 0.6) is 0 Å². The molecule has 0 aliphatic heterocycles. The van der Waals surface area contributed by atoms with Crippen molar-refractivity contribution >= 4 is 22.1 Å². The van der Waals surface area contributed by atoms with Crippen LogP contribution in [0.15, 0.2) is 29.2 Å². The molecule has 1 aromatic carbocycles. The van der Waals surface area contributed by atoms with Gasteiger partial charge in [0.25, 0.3) is 0 Å². The lowest BCUT2D eigenvalue weighted by Gasteiger charge is -2.21. The number of carboxylic acids is 1. The first kappa shape index (κ1) is 18.3. The van der Waals surface area contributed by atoms with Gasteiger partial charge in [-0.3, -0.25) is 0 Å². The van der Waals surface area contributed by atoms with E-state index in [4.69, 9.17) is 15.3 Å². The number of hydrogen-bond acceptors (Lipinski definition) is 5. The number of aliphatic hydroxyl groups is 2. The zero-order chi connectivity index (χ0) is 16.8. The third-order valence-corrected chi connectivity index (χ3v) is 4.99. The van der Waals surface area contributed by atoms with Crippen molar-refractivity contribution in [2.75, 3.05) is 26.3 Å². The Bertz CT molecular complexity index is 647. The summed E-state index contributed by atoms with van der Waals surface area (Å²) in [7, 11) is -3.89. The molecule has 0 amide bonds. The summed E-state index contributed by atoms with van der Waals surface area (Å²) < 4.78 is 26.2. The molecule has 1 rings (SSSR count). The van der Waals surface area contributed by atoms with Crippen LogP contribution in [0.25, 0.3) is 6.08 Å². The van der Waals surface area contributed by atoms with Gasteiger partial charge >= 0.3 is 5.97 Å². The van der Waals surface area contributed by atoms with Crippen LogP contribution in [0.2, 0.25) is 0 Å². The molecule has 22 heavy (non-hydrogen) atoms. The van der Waals surface area contributed by atoms with E-state index < -0.39 is 16.0 Å². The summed E-state index contributed by atoms with van der Waals surface area (Å²) in [5.74, 6) is -1.13. The summed E-state index contributed by atoms with van der Waals surface area (Å²) in [6.45, 7) is 0.635. The Morgan fingerprint density at radius 2 is 1.82 bits per heavy atom. The number of rotatable bonds is 8. The average Bonchev–Trinajstić information content (AvgIpc) is 2.45. The minimum Gasteiger partial charge on any atom is -0.478 e. The summed E-state index contributed by atoms with van der Waals surface area (Å²) in [6.07, 6.45) is 2.21. The second-order valence-corrected chi connectivity index (χ2v) is 6.45. The highest BCUT2D eigenvalue weighted by atomic mass is 32.2. The van der Waals surface area contributed by atoms with Crippen molar-refractivity contribution in [2.45, 2.75) is 11.8 Å². The van der Waals surface area contributed by atoms with Crippen molar-refractivity contribution in [2.24, 2.45) is 0 Å². The molecule has 3 N–H and O–H groups in total. The van der Waals surface area contributed by atoms with Gasteiger partial charge in [0.1, 0.15) is 0 Å². The van der Waals surface area contributed by atoms with E-state index >= 15 is 0 Å². The van der Waals surface area contributed by atoms with Crippen LogP contribution in [-0.4, -0.2) is 60.3 Å². The molecule has 0 unspecified atom stereocenters. The summed E-state index contributed by atoms with van der Waals surface area (Å²) in [4.78, 5) is 10.5. The van der Waals surface area contributed by atoms with E-state index in [2.05, 4.69) is 0 Å². The lowest BCUT2D eigenvalue weighted by molar-refractivity contribution is -0.131. The lowest BCUT2D eigenvalue weighted by Crippen LogP contribution is -2.36. The first-order valence-corrected chi connectivity index (χ1v) is 8.00. The molecular weight excluding hydrogens is 310 g/mol. The van der Waals surface area contributed by atoms with Crippen molar-refractivity contribution in [3.05, 3.63) is 35.4 Å². The molecule has 0 radical (unpaired) electrons. The Morgan fingerprint density at radius 3 is 2.32 bits per heavy atom. The zero-order valence-electron chi connectivity index (χ0n) is 12.1. The van der Waals surface area contributed by atoms with E-state index in [-0.39, 0.29) is 31.2 Å². The average molecular weight is 329 g/mol. The van der Waals surface area contributed by atoms with E-state index in [1.807, 2.05) is 0 Å².